The van der Waals surface area contributed by atoms with E-state index in [-0.39, 0.29) is 29.4 Å². The van der Waals surface area contributed by atoms with Gasteiger partial charge in [-0.3, -0.25) is 14.3 Å². The van der Waals surface area contributed by atoms with Crippen LogP contribution in [0.2, 0.25) is 0 Å². The average molecular weight is 497 g/mol. The molecule has 0 saturated carbocycles. The zero-order chi connectivity index (χ0) is 24.8. The van der Waals surface area contributed by atoms with Crippen molar-refractivity contribution in [1.29, 1.82) is 0 Å². The predicted molar refractivity (Wildman–Crippen MR) is 130 cm³/mol. The molecule has 35 heavy (non-hydrogen) atoms. The Labute approximate surface area is 203 Å². The van der Waals surface area contributed by atoms with Gasteiger partial charge in [0.15, 0.2) is 17.3 Å². The van der Waals surface area contributed by atoms with E-state index < -0.39 is 10.0 Å². The molecule has 0 saturated heterocycles. The van der Waals surface area contributed by atoms with Crippen molar-refractivity contribution in [2.24, 2.45) is 0 Å². The number of Topliss-reactive ketones (excluding diaryl/α,β-unsaturated/α-hetero) is 1. The fourth-order valence-corrected chi connectivity index (χ4v) is 4.46. The van der Waals surface area contributed by atoms with Crippen LogP contribution in [0, 0.1) is 0 Å². The summed E-state index contributed by atoms with van der Waals surface area (Å²) in [5, 5.41) is 2.67. The van der Waals surface area contributed by atoms with Crippen molar-refractivity contribution in [3.05, 3.63) is 72.3 Å². The lowest BCUT2D eigenvalue weighted by Crippen LogP contribution is -2.16. The summed E-state index contributed by atoms with van der Waals surface area (Å²) in [6, 6.07) is 17.2. The highest BCUT2D eigenvalue weighted by atomic mass is 32.2. The van der Waals surface area contributed by atoms with Gasteiger partial charge in [-0.25, -0.2) is 8.42 Å². The fraction of sp³-hybridized carbons (Fsp3) is 0.200. The summed E-state index contributed by atoms with van der Waals surface area (Å²) in [7, 11) is -2.28. The average Bonchev–Trinajstić information content (AvgIpc) is 2.87. The van der Waals surface area contributed by atoms with E-state index in [9.17, 15) is 18.0 Å². The van der Waals surface area contributed by atoms with Crippen molar-refractivity contribution in [1.82, 2.24) is 0 Å². The highest BCUT2D eigenvalue weighted by Crippen LogP contribution is 2.31. The summed E-state index contributed by atoms with van der Waals surface area (Å²) in [5.41, 5.74) is 1.26. The van der Waals surface area contributed by atoms with Gasteiger partial charge < -0.3 is 19.5 Å². The van der Waals surface area contributed by atoms with Crippen molar-refractivity contribution in [3.63, 3.8) is 0 Å². The molecule has 1 amide bonds. The summed E-state index contributed by atoms with van der Waals surface area (Å²) in [6.45, 7) is 0.886. The van der Waals surface area contributed by atoms with Gasteiger partial charge in [-0.05, 0) is 66.7 Å². The zero-order valence-corrected chi connectivity index (χ0v) is 19.8. The van der Waals surface area contributed by atoms with Crippen LogP contribution in [-0.2, 0) is 14.8 Å². The van der Waals surface area contributed by atoms with E-state index in [0.29, 0.717) is 47.4 Å². The number of ether oxygens (including phenoxy) is 3. The molecule has 0 spiro atoms. The maximum absolute atomic E-state index is 12.6. The van der Waals surface area contributed by atoms with Crippen molar-refractivity contribution >= 4 is 33.1 Å². The van der Waals surface area contributed by atoms with E-state index in [1.54, 1.807) is 42.5 Å². The summed E-state index contributed by atoms with van der Waals surface area (Å²) in [5.74, 6) is 1.17. The van der Waals surface area contributed by atoms with Gasteiger partial charge in [-0.1, -0.05) is 0 Å². The number of rotatable bonds is 9. The van der Waals surface area contributed by atoms with Crippen LogP contribution in [-0.4, -0.2) is 40.4 Å². The first-order chi connectivity index (χ1) is 16.8. The molecule has 0 unspecified atom stereocenters. The highest BCUT2D eigenvalue weighted by molar-refractivity contribution is 7.92. The third kappa shape index (κ3) is 6.10. The molecule has 1 heterocycles. The van der Waals surface area contributed by atoms with Crippen molar-refractivity contribution in [2.75, 3.05) is 30.4 Å². The number of nitrogens with one attached hydrogen (secondary N) is 2. The molecule has 0 aromatic heterocycles. The Morgan fingerprint density at radius 3 is 2.20 bits per heavy atom. The topological polar surface area (TPSA) is 120 Å². The van der Waals surface area contributed by atoms with Crippen LogP contribution in [0.25, 0.3) is 0 Å². The van der Waals surface area contributed by atoms with E-state index in [1.807, 2.05) is 0 Å². The molecule has 0 fully saturated rings. The van der Waals surface area contributed by atoms with E-state index in [4.69, 9.17) is 14.2 Å². The number of carbonyl (C=O) groups is 2. The Balaban J connectivity index is 1.30. The number of benzene rings is 3. The zero-order valence-electron chi connectivity index (χ0n) is 18.9. The molecule has 9 nitrogen and oxygen atoms in total. The van der Waals surface area contributed by atoms with E-state index in [0.717, 1.165) is 0 Å². The van der Waals surface area contributed by atoms with Crippen LogP contribution in [0.15, 0.2) is 71.6 Å². The lowest BCUT2D eigenvalue weighted by molar-refractivity contribution is -0.116. The van der Waals surface area contributed by atoms with Gasteiger partial charge in [0.2, 0.25) is 5.91 Å². The van der Waals surface area contributed by atoms with E-state index >= 15 is 0 Å². The minimum atomic E-state index is -3.80. The number of ketones is 1. The first-order valence-electron chi connectivity index (χ1n) is 10.8. The molecule has 2 N–H and O–H groups in total. The summed E-state index contributed by atoms with van der Waals surface area (Å²) in [4.78, 5) is 24.8. The van der Waals surface area contributed by atoms with Gasteiger partial charge in [-0.15, -0.1) is 0 Å². The van der Waals surface area contributed by atoms with Gasteiger partial charge in [0.05, 0.1) is 12.0 Å². The Morgan fingerprint density at radius 1 is 0.857 bits per heavy atom. The molecule has 10 heteroatoms. The summed E-state index contributed by atoms with van der Waals surface area (Å²) >= 11 is 0. The van der Waals surface area contributed by atoms with Crippen LogP contribution >= 0.6 is 0 Å². The van der Waals surface area contributed by atoms with Gasteiger partial charge in [0, 0.05) is 29.8 Å². The molecule has 0 aliphatic carbocycles. The first-order valence-corrected chi connectivity index (χ1v) is 12.3. The van der Waals surface area contributed by atoms with Crippen LogP contribution in [0.4, 0.5) is 11.4 Å². The van der Waals surface area contributed by atoms with Gasteiger partial charge in [-0.2, -0.15) is 0 Å². The smallest absolute Gasteiger partial charge is 0.261 e. The molecule has 3 aromatic rings. The second kappa shape index (κ2) is 10.5. The summed E-state index contributed by atoms with van der Waals surface area (Å²) in [6.07, 6.45) is -0.00390. The van der Waals surface area contributed by atoms with Crippen molar-refractivity contribution in [3.8, 4) is 17.2 Å². The molecule has 1 aliphatic rings. The number of amides is 1. The first kappa shape index (κ1) is 24.1. The quantitative estimate of drug-likeness (QED) is 0.432. The number of carbonyl (C=O) groups excluding carboxylic acids is 2. The standard InChI is InChI=1S/C25H24N2O7S/c1-32-20-7-3-19(4-8-20)27-35(30,31)21-9-5-18(6-10-21)26-25(29)13-11-22(28)17-2-12-23-24(16-17)34-15-14-33-23/h2-10,12,16,27H,11,13-15H2,1H3,(H,26,29). The van der Waals surface area contributed by atoms with Gasteiger partial charge in [0.25, 0.3) is 10.0 Å². The van der Waals surface area contributed by atoms with Gasteiger partial charge >= 0.3 is 0 Å². The number of methoxy groups -OCH3 is 1. The Bertz CT molecular complexity index is 1320. The largest absolute Gasteiger partial charge is 0.497 e. The second-order valence-corrected chi connectivity index (χ2v) is 9.37. The minimum absolute atomic E-state index is 0.0176. The van der Waals surface area contributed by atoms with Crippen LogP contribution in [0.1, 0.15) is 23.2 Å². The predicted octanol–water partition coefficient (Wildman–Crippen LogP) is 3.87. The molecule has 182 valence electrons. The second-order valence-electron chi connectivity index (χ2n) is 7.69. The number of hydrogen-bond acceptors (Lipinski definition) is 7. The van der Waals surface area contributed by atoms with Gasteiger partial charge in [0.1, 0.15) is 19.0 Å². The number of fused-ring (bicyclic) bond motifs is 1. The molecule has 0 radical (unpaired) electrons. The van der Waals surface area contributed by atoms with Crippen molar-refractivity contribution in [2.45, 2.75) is 17.7 Å². The molecule has 0 atom stereocenters. The SMILES string of the molecule is COc1ccc(NS(=O)(=O)c2ccc(NC(=O)CCC(=O)c3ccc4c(c3)OCCO4)cc2)cc1. The van der Waals surface area contributed by atoms with E-state index in [1.165, 1.54) is 31.4 Å². The van der Waals surface area contributed by atoms with Crippen LogP contribution in [0.5, 0.6) is 17.2 Å². The molecular formula is C25H24N2O7S. The third-order valence-corrected chi connectivity index (χ3v) is 6.63. The molecular weight excluding hydrogens is 472 g/mol. The Morgan fingerprint density at radius 2 is 1.51 bits per heavy atom. The van der Waals surface area contributed by atoms with Crippen LogP contribution < -0.4 is 24.2 Å². The molecule has 1 aliphatic heterocycles. The maximum atomic E-state index is 12.6. The summed E-state index contributed by atoms with van der Waals surface area (Å²) < 4.78 is 43.7. The van der Waals surface area contributed by atoms with Crippen molar-refractivity contribution < 1.29 is 32.2 Å². The Hall–Kier alpha value is -4.05. The lowest BCUT2D eigenvalue weighted by Gasteiger charge is -2.18. The molecule has 3 aromatic carbocycles. The van der Waals surface area contributed by atoms with E-state index in [2.05, 4.69) is 10.0 Å². The normalized spacial score (nSPS) is 12.5. The minimum Gasteiger partial charge on any atom is -0.497 e. The number of anilines is 2. The third-order valence-electron chi connectivity index (χ3n) is 5.23. The number of sulfonamides is 1. The van der Waals surface area contributed by atoms with Crippen LogP contribution in [0.3, 0.4) is 0 Å². The monoisotopic (exact) mass is 496 g/mol. The molecule has 0 bridgehead atoms. The highest BCUT2D eigenvalue weighted by Gasteiger charge is 2.17. The Kier molecular flexibility index (Phi) is 7.21. The fourth-order valence-electron chi connectivity index (χ4n) is 3.40. The number of hydrogen-bond donors (Lipinski definition) is 2. The molecule has 4 rings (SSSR count). The maximum Gasteiger partial charge on any atom is 0.261 e. The lowest BCUT2D eigenvalue weighted by atomic mass is 10.1.